The first kappa shape index (κ1) is 15.8. The van der Waals surface area contributed by atoms with Crippen LogP contribution >= 0.6 is 27.5 Å². The molecule has 2 rings (SSSR count). The normalized spacial score (nSPS) is 10.7. The highest BCUT2D eigenvalue weighted by atomic mass is 79.9. The topological polar surface area (TPSA) is 80.0 Å². The van der Waals surface area contributed by atoms with Crippen LogP contribution in [0.5, 0.6) is 0 Å². The number of benzene rings is 1. The minimum Gasteiger partial charge on any atom is -0.382 e. The van der Waals surface area contributed by atoms with E-state index in [0.717, 1.165) is 10.0 Å². The molecule has 0 aliphatic rings. The molecule has 0 atom stereocenters. The Morgan fingerprint density at radius 1 is 1.38 bits per heavy atom. The summed E-state index contributed by atoms with van der Waals surface area (Å²) >= 11 is 4.60. The number of amides is 1. The minimum absolute atomic E-state index is 0.0520. The molecule has 0 spiro atoms. The molecule has 5 nitrogen and oxygen atoms in total. The van der Waals surface area contributed by atoms with E-state index >= 15 is 0 Å². The van der Waals surface area contributed by atoms with Crippen molar-refractivity contribution in [2.75, 3.05) is 11.1 Å². The lowest BCUT2D eigenvalue weighted by molar-refractivity contribution is 0.0945. The van der Waals surface area contributed by atoms with Crippen LogP contribution in [-0.4, -0.2) is 16.3 Å². The highest BCUT2D eigenvalue weighted by Gasteiger charge is 2.19. The SMILES string of the molecule is CC(C)NC(=O)c1c(N)nsc1NCc1ccc(Br)cc1. The van der Waals surface area contributed by atoms with Crippen LogP contribution in [-0.2, 0) is 6.54 Å². The van der Waals surface area contributed by atoms with Gasteiger partial charge in [0.2, 0.25) is 0 Å². The van der Waals surface area contributed by atoms with Crippen molar-refractivity contribution in [3.63, 3.8) is 0 Å². The number of nitrogens with one attached hydrogen (secondary N) is 2. The van der Waals surface area contributed by atoms with E-state index in [2.05, 4.69) is 30.9 Å². The van der Waals surface area contributed by atoms with Crippen LogP contribution in [0.4, 0.5) is 10.8 Å². The average molecular weight is 369 g/mol. The molecule has 0 fully saturated rings. The van der Waals surface area contributed by atoms with Gasteiger partial charge in [0.1, 0.15) is 10.6 Å². The fourth-order valence-electron chi connectivity index (χ4n) is 1.76. The summed E-state index contributed by atoms with van der Waals surface area (Å²) in [5.74, 6) is 0.0611. The van der Waals surface area contributed by atoms with E-state index in [1.807, 2.05) is 38.1 Å². The van der Waals surface area contributed by atoms with Crippen molar-refractivity contribution in [1.29, 1.82) is 0 Å². The zero-order valence-electron chi connectivity index (χ0n) is 11.8. The van der Waals surface area contributed by atoms with E-state index in [1.165, 1.54) is 11.5 Å². The number of rotatable bonds is 5. The van der Waals surface area contributed by atoms with Crippen LogP contribution in [0.25, 0.3) is 0 Å². The molecular formula is C14H17BrN4OS. The van der Waals surface area contributed by atoms with Gasteiger partial charge in [-0.2, -0.15) is 4.37 Å². The molecule has 21 heavy (non-hydrogen) atoms. The average Bonchev–Trinajstić information content (AvgIpc) is 2.78. The van der Waals surface area contributed by atoms with Gasteiger partial charge in [0.25, 0.3) is 5.91 Å². The highest BCUT2D eigenvalue weighted by Crippen LogP contribution is 2.27. The fraction of sp³-hybridized carbons (Fsp3) is 0.286. The van der Waals surface area contributed by atoms with Gasteiger partial charge in [0, 0.05) is 17.1 Å². The molecule has 0 bridgehead atoms. The molecule has 2 aromatic rings. The van der Waals surface area contributed by atoms with Crippen molar-refractivity contribution in [3.05, 3.63) is 39.9 Å². The summed E-state index contributed by atoms with van der Waals surface area (Å²) in [5, 5.41) is 6.75. The summed E-state index contributed by atoms with van der Waals surface area (Å²) in [4.78, 5) is 12.1. The van der Waals surface area contributed by atoms with Crippen molar-refractivity contribution < 1.29 is 4.79 Å². The predicted octanol–water partition coefficient (Wildman–Crippen LogP) is 3.24. The van der Waals surface area contributed by atoms with Crippen molar-refractivity contribution in [1.82, 2.24) is 9.69 Å². The van der Waals surface area contributed by atoms with Gasteiger partial charge in [-0.05, 0) is 43.1 Å². The summed E-state index contributed by atoms with van der Waals surface area (Å²) in [6, 6.07) is 8.02. The number of nitrogen functional groups attached to an aromatic ring is 1. The molecule has 0 aliphatic heterocycles. The maximum Gasteiger partial charge on any atom is 0.258 e. The zero-order valence-corrected chi connectivity index (χ0v) is 14.2. The lowest BCUT2D eigenvalue weighted by Crippen LogP contribution is -2.30. The first-order chi connectivity index (χ1) is 9.97. The molecule has 4 N–H and O–H groups in total. The van der Waals surface area contributed by atoms with Gasteiger partial charge in [-0.1, -0.05) is 28.1 Å². The Balaban J connectivity index is 2.10. The van der Waals surface area contributed by atoms with Crippen LogP contribution in [0.2, 0.25) is 0 Å². The van der Waals surface area contributed by atoms with E-state index in [1.54, 1.807) is 0 Å². The van der Waals surface area contributed by atoms with E-state index in [9.17, 15) is 4.79 Å². The Hall–Kier alpha value is -1.60. The molecule has 0 radical (unpaired) electrons. The summed E-state index contributed by atoms with van der Waals surface area (Å²) in [6.45, 7) is 4.42. The Kier molecular flexibility index (Phi) is 5.19. The minimum atomic E-state index is -0.199. The Bertz CT molecular complexity index is 624. The van der Waals surface area contributed by atoms with E-state index in [0.29, 0.717) is 17.1 Å². The van der Waals surface area contributed by atoms with Crippen LogP contribution in [0.15, 0.2) is 28.7 Å². The second kappa shape index (κ2) is 6.91. The van der Waals surface area contributed by atoms with E-state index in [4.69, 9.17) is 5.73 Å². The number of nitrogens with zero attached hydrogens (tertiary/aromatic N) is 1. The van der Waals surface area contributed by atoms with E-state index < -0.39 is 0 Å². The van der Waals surface area contributed by atoms with Crippen LogP contribution in [0.3, 0.4) is 0 Å². The maximum atomic E-state index is 12.1. The Morgan fingerprint density at radius 3 is 2.67 bits per heavy atom. The van der Waals surface area contributed by atoms with Crippen molar-refractivity contribution in [2.24, 2.45) is 0 Å². The van der Waals surface area contributed by atoms with Gasteiger partial charge >= 0.3 is 0 Å². The summed E-state index contributed by atoms with van der Waals surface area (Å²) in [6.07, 6.45) is 0. The molecule has 0 unspecified atom stereocenters. The number of halogens is 1. The molecule has 7 heteroatoms. The lowest BCUT2D eigenvalue weighted by atomic mass is 10.2. The number of hydrogen-bond donors (Lipinski definition) is 3. The monoisotopic (exact) mass is 368 g/mol. The smallest absolute Gasteiger partial charge is 0.258 e. The molecule has 112 valence electrons. The number of aromatic nitrogens is 1. The quantitative estimate of drug-likeness (QED) is 0.756. The third-order valence-electron chi connectivity index (χ3n) is 2.73. The van der Waals surface area contributed by atoms with Gasteiger partial charge in [-0.15, -0.1) is 0 Å². The van der Waals surface area contributed by atoms with Gasteiger partial charge in [-0.25, -0.2) is 0 Å². The second-order valence-electron chi connectivity index (χ2n) is 4.88. The Labute approximate surface area is 136 Å². The third-order valence-corrected chi connectivity index (χ3v) is 4.08. The molecule has 1 amide bonds. The first-order valence-corrected chi connectivity index (χ1v) is 8.08. The number of anilines is 2. The van der Waals surface area contributed by atoms with Gasteiger partial charge in [-0.3, -0.25) is 4.79 Å². The van der Waals surface area contributed by atoms with Gasteiger partial charge < -0.3 is 16.4 Å². The van der Waals surface area contributed by atoms with Crippen LogP contribution in [0, 0.1) is 0 Å². The number of carbonyl (C=O) groups excluding carboxylic acids is 1. The largest absolute Gasteiger partial charge is 0.382 e. The van der Waals surface area contributed by atoms with Crippen molar-refractivity contribution >= 4 is 44.2 Å². The van der Waals surface area contributed by atoms with E-state index in [-0.39, 0.29) is 17.8 Å². The van der Waals surface area contributed by atoms with Gasteiger partial charge in [0.15, 0.2) is 5.82 Å². The Morgan fingerprint density at radius 2 is 2.05 bits per heavy atom. The molecule has 0 aliphatic carbocycles. The van der Waals surface area contributed by atoms with Crippen LogP contribution in [0.1, 0.15) is 29.8 Å². The third kappa shape index (κ3) is 4.18. The van der Waals surface area contributed by atoms with Crippen LogP contribution < -0.4 is 16.4 Å². The summed E-state index contributed by atoms with van der Waals surface area (Å²) in [5.41, 5.74) is 7.33. The summed E-state index contributed by atoms with van der Waals surface area (Å²) < 4.78 is 5.09. The molecule has 0 saturated carbocycles. The fourth-order valence-corrected chi connectivity index (χ4v) is 2.73. The predicted molar refractivity (Wildman–Crippen MR) is 90.6 cm³/mol. The second-order valence-corrected chi connectivity index (χ2v) is 6.57. The standard InChI is InChI=1S/C14H17BrN4OS/c1-8(2)18-13(20)11-12(16)19-21-14(11)17-7-9-3-5-10(15)6-4-9/h3-6,8,17H,7H2,1-2H3,(H2,16,19)(H,18,20). The maximum absolute atomic E-state index is 12.1. The molecule has 1 aromatic carbocycles. The lowest BCUT2D eigenvalue weighted by Gasteiger charge is -2.10. The number of nitrogens with two attached hydrogens (primary N) is 1. The number of carbonyl (C=O) groups is 1. The molecular weight excluding hydrogens is 352 g/mol. The van der Waals surface area contributed by atoms with Crippen molar-refractivity contribution in [3.8, 4) is 0 Å². The molecule has 1 aromatic heterocycles. The zero-order chi connectivity index (χ0) is 15.4. The first-order valence-electron chi connectivity index (χ1n) is 6.51. The molecule has 1 heterocycles. The van der Waals surface area contributed by atoms with Gasteiger partial charge in [0.05, 0.1) is 0 Å². The van der Waals surface area contributed by atoms with Crippen molar-refractivity contribution in [2.45, 2.75) is 26.4 Å². The number of hydrogen-bond acceptors (Lipinski definition) is 5. The summed E-state index contributed by atoms with van der Waals surface area (Å²) in [7, 11) is 0. The molecule has 0 saturated heterocycles. The highest BCUT2D eigenvalue weighted by molar-refractivity contribution is 9.10.